The van der Waals surface area contributed by atoms with Crippen molar-refractivity contribution >= 4 is 16.0 Å². The summed E-state index contributed by atoms with van der Waals surface area (Å²) in [6, 6.07) is 0. The van der Waals surface area contributed by atoms with E-state index in [1.165, 1.54) is 31.8 Å². The second-order valence-electron chi connectivity index (χ2n) is 7.32. The topological polar surface area (TPSA) is 86.3 Å². The molecule has 1 N–H and O–H groups in total. The van der Waals surface area contributed by atoms with Crippen LogP contribution in [0.4, 0.5) is 0 Å². The van der Waals surface area contributed by atoms with Crippen molar-refractivity contribution in [1.82, 2.24) is 5.32 Å². The Labute approximate surface area is 154 Å². The van der Waals surface area contributed by atoms with Gasteiger partial charge in [0.25, 0.3) is 0 Å². The minimum atomic E-state index is -4.03. The van der Waals surface area contributed by atoms with Crippen molar-refractivity contribution in [2.24, 2.45) is 0 Å². The first-order valence-electron chi connectivity index (χ1n) is 9.32. The molecule has 0 unspecified atom stereocenters. The van der Waals surface area contributed by atoms with Gasteiger partial charge in [0, 0.05) is 18.7 Å². The lowest BCUT2D eigenvalue weighted by Gasteiger charge is -2.30. The van der Waals surface area contributed by atoms with Crippen LogP contribution in [0.5, 0.6) is 0 Å². The number of amides is 1. The van der Waals surface area contributed by atoms with Crippen LogP contribution in [0.1, 0.15) is 57.8 Å². The maximum atomic E-state index is 11.1. The van der Waals surface area contributed by atoms with Crippen LogP contribution in [-0.4, -0.2) is 62.8 Å². The summed E-state index contributed by atoms with van der Waals surface area (Å²) in [7, 11) is 0.409. The second kappa shape index (κ2) is 13.3. The highest BCUT2D eigenvalue weighted by Gasteiger charge is 2.13. The molecule has 0 bridgehead atoms. The molecule has 0 aliphatic rings. The molecule has 0 saturated carbocycles. The molecule has 7 heteroatoms. The van der Waals surface area contributed by atoms with Crippen molar-refractivity contribution < 1.29 is 22.2 Å². The Morgan fingerprint density at radius 2 is 1.44 bits per heavy atom. The Bertz CT molecular complexity index is 475. The molecule has 148 valence electrons. The SMILES string of the molecule is C=CC(=O)NCCC[N+](C)(C)CCCCCCCCCCS(=O)(=O)[O-]. The van der Waals surface area contributed by atoms with Crippen molar-refractivity contribution in [2.75, 3.05) is 39.5 Å². The van der Waals surface area contributed by atoms with E-state index in [4.69, 9.17) is 0 Å². The van der Waals surface area contributed by atoms with Gasteiger partial charge in [-0.15, -0.1) is 0 Å². The Hall–Kier alpha value is -0.920. The fourth-order valence-electron chi connectivity index (χ4n) is 2.78. The zero-order chi connectivity index (χ0) is 19.2. The van der Waals surface area contributed by atoms with Gasteiger partial charge in [0.15, 0.2) is 0 Å². The van der Waals surface area contributed by atoms with E-state index in [0.29, 0.717) is 13.0 Å². The highest BCUT2D eigenvalue weighted by Crippen LogP contribution is 2.11. The molecular weight excluding hydrogens is 340 g/mol. The van der Waals surface area contributed by atoms with Crippen LogP contribution in [0.3, 0.4) is 0 Å². The van der Waals surface area contributed by atoms with Crippen LogP contribution >= 0.6 is 0 Å². The lowest BCUT2D eigenvalue weighted by Crippen LogP contribution is -2.42. The molecule has 25 heavy (non-hydrogen) atoms. The molecule has 0 aliphatic heterocycles. The highest BCUT2D eigenvalue weighted by atomic mass is 32.2. The number of hydrogen-bond acceptors (Lipinski definition) is 4. The summed E-state index contributed by atoms with van der Waals surface area (Å²) in [6.07, 6.45) is 10.5. The van der Waals surface area contributed by atoms with E-state index < -0.39 is 10.1 Å². The molecule has 0 saturated heterocycles. The zero-order valence-electron chi connectivity index (χ0n) is 16.0. The average molecular weight is 377 g/mol. The monoisotopic (exact) mass is 376 g/mol. The molecule has 0 heterocycles. The van der Waals surface area contributed by atoms with Crippen molar-refractivity contribution in [3.05, 3.63) is 12.7 Å². The minimum Gasteiger partial charge on any atom is -0.748 e. The smallest absolute Gasteiger partial charge is 0.243 e. The van der Waals surface area contributed by atoms with Crippen LogP contribution in [0.15, 0.2) is 12.7 Å². The Morgan fingerprint density at radius 1 is 0.960 bits per heavy atom. The number of unbranched alkanes of at least 4 members (excludes halogenated alkanes) is 7. The summed E-state index contributed by atoms with van der Waals surface area (Å²) in [5.74, 6) is -0.336. The lowest BCUT2D eigenvalue weighted by molar-refractivity contribution is -0.890. The number of carbonyl (C=O) groups excluding carboxylic acids is 1. The van der Waals surface area contributed by atoms with Gasteiger partial charge < -0.3 is 14.4 Å². The second-order valence-corrected chi connectivity index (χ2v) is 8.85. The largest absolute Gasteiger partial charge is 0.748 e. The molecule has 0 atom stereocenters. The maximum absolute atomic E-state index is 11.1. The first-order valence-corrected chi connectivity index (χ1v) is 10.9. The van der Waals surface area contributed by atoms with Gasteiger partial charge in [-0.1, -0.05) is 38.7 Å². The van der Waals surface area contributed by atoms with Gasteiger partial charge in [0.05, 0.1) is 37.3 Å². The third kappa shape index (κ3) is 17.7. The first kappa shape index (κ1) is 24.1. The van der Waals surface area contributed by atoms with Gasteiger partial charge in [0.1, 0.15) is 0 Å². The van der Waals surface area contributed by atoms with Crippen LogP contribution in [0, 0.1) is 0 Å². The number of hydrogen-bond donors (Lipinski definition) is 1. The van der Waals surface area contributed by atoms with Crippen molar-refractivity contribution in [1.29, 1.82) is 0 Å². The Kier molecular flexibility index (Phi) is 12.8. The van der Waals surface area contributed by atoms with E-state index in [0.717, 1.165) is 43.3 Å². The molecule has 0 spiro atoms. The summed E-state index contributed by atoms with van der Waals surface area (Å²) >= 11 is 0. The van der Waals surface area contributed by atoms with Crippen LogP contribution in [0.25, 0.3) is 0 Å². The maximum Gasteiger partial charge on any atom is 0.243 e. The summed E-state index contributed by atoms with van der Waals surface area (Å²) in [5.41, 5.74) is 0. The summed E-state index contributed by atoms with van der Waals surface area (Å²) in [4.78, 5) is 11.1. The fraction of sp³-hybridized carbons (Fsp3) is 0.833. The van der Waals surface area contributed by atoms with Gasteiger partial charge in [-0.25, -0.2) is 8.42 Å². The first-order chi connectivity index (χ1) is 11.7. The number of quaternary nitrogens is 1. The molecule has 0 rings (SSSR count). The standard InChI is InChI=1S/C18H36N2O4S/c1-4-18(21)19-14-13-16-20(2,3)15-11-9-7-5-6-8-10-12-17-25(22,23)24/h4H,1,5-17H2,2-3H3,(H-,19,21,22,23,24). The number of nitrogens with zero attached hydrogens (tertiary/aromatic N) is 1. The number of rotatable bonds is 16. The van der Waals surface area contributed by atoms with Gasteiger partial charge in [0.2, 0.25) is 5.91 Å². The predicted molar refractivity (Wildman–Crippen MR) is 101 cm³/mol. The molecule has 0 radical (unpaired) electrons. The lowest BCUT2D eigenvalue weighted by atomic mass is 10.1. The van der Waals surface area contributed by atoms with Gasteiger partial charge in [-0.2, -0.15) is 0 Å². The van der Waals surface area contributed by atoms with Gasteiger partial charge >= 0.3 is 0 Å². The number of nitrogens with one attached hydrogen (secondary N) is 1. The Balaban J connectivity index is 3.47. The molecule has 0 aromatic heterocycles. The Morgan fingerprint density at radius 3 is 1.96 bits per heavy atom. The third-order valence-corrected chi connectivity index (χ3v) is 5.12. The quantitative estimate of drug-likeness (QED) is 0.194. The molecular formula is C18H36N2O4S. The van der Waals surface area contributed by atoms with Crippen LogP contribution < -0.4 is 5.32 Å². The van der Waals surface area contributed by atoms with Crippen molar-refractivity contribution in [3.63, 3.8) is 0 Å². The van der Waals surface area contributed by atoms with E-state index in [1.54, 1.807) is 0 Å². The van der Waals surface area contributed by atoms with E-state index in [-0.39, 0.29) is 11.7 Å². The van der Waals surface area contributed by atoms with Gasteiger partial charge in [-0.3, -0.25) is 4.79 Å². The molecule has 1 amide bonds. The fourth-order valence-corrected chi connectivity index (χ4v) is 3.34. The molecule has 0 aromatic rings. The summed E-state index contributed by atoms with van der Waals surface area (Å²) in [6.45, 7) is 6.30. The minimum absolute atomic E-state index is 0.111. The molecule has 6 nitrogen and oxygen atoms in total. The highest BCUT2D eigenvalue weighted by molar-refractivity contribution is 7.85. The summed E-state index contributed by atoms with van der Waals surface area (Å²) in [5, 5.41) is 2.80. The van der Waals surface area contributed by atoms with E-state index >= 15 is 0 Å². The van der Waals surface area contributed by atoms with E-state index in [9.17, 15) is 17.8 Å². The molecule has 0 fully saturated rings. The predicted octanol–water partition coefficient (Wildman–Crippen LogP) is 2.42. The normalized spacial score (nSPS) is 12.1. The average Bonchev–Trinajstić information content (AvgIpc) is 2.52. The van der Waals surface area contributed by atoms with Crippen molar-refractivity contribution in [2.45, 2.75) is 57.8 Å². The van der Waals surface area contributed by atoms with Crippen LogP contribution in [0.2, 0.25) is 0 Å². The van der Waals surface area contributed by atoms with E-state index in [2.05, 4.69) is 26.0 Å². The zero-order valence-corrected chi connectivity index (χ0v) is 16.8. The van der Waals surface area contributed by atoms with E-state index in [1.807, 2.05) is 0 Å². The molecule has 0 aromatic carbocycles. The molecule has 0 aliphatic carbocycles. The van der Waals surface area contributed by atoms with Crippen molar-refractivity contribution in [3.8, 4) is 0 Å². The van der Waals surface area contributed by atoms with Crippen LogP contribution in [-0.2, 0) is 14.9 Å². The third-order valence-electron chi connectivity index (χ3n) is 4.33. The summed E-state index contributed by atoms with van der Waals surface area (Å²) < 4.78 is 32.4. The van der Waals surface area contributed by atoms with Gasteiger partial charge in [-0.05, 0) is 25.3 Å². The number of carbonyl (C=O) groups is 1.